The normalized spacial score (nSPS) is 13.9. The lowest BCUT2D eigenvalue weighted by Crippen LogP contribution is -2.21. The summed E-state index contributed by atoms with van der Waals surface area (Å²) in [5.41, 5.74) is 8.18. The summed E-state index contributed by atoms with van der Waals surface area (Å²) >= 11 is 0. The number of rotatable bonds is 7. The Morgan fingerprint density at radius 3 is 2.08 bits per heavy atom. The smallest absolute Gasteiger partial charge is 0.343 e. The van der Waals surface area contributed by atoms with Crippen molar-refractivity contribution in [3.05, 3.63) is 88.3 Å². The van der Waals surface area contributed by atoms with Crippen molar-refractivity contribution in [2.24, 2.45) is 5.73 Å². The second-order valence-electron chi connectivity index (χ2n) is 8.04. The number of fused-ring (bicyclic) bond motifs is 1. The average Bonchev–Trinajstić information content (AvgIpc) is 2.95. The molecule has 1 aliphatic heterocycles. The number of hydrogen-bond donors (Lipinski definition) is 1. The molecule has 1 atom stereocenters. The van der Waals surface area contributed by atoms with Crippen LogP contribution in [0.1, 0.15) is 37.8 Å². The van der Waals surface area contributed by atoms with Crippen LogP contribution in [0.2, 0.25) is 0 Å². The Hall–Kier alpha value is -5.17. The van der Waals surface area contributed by atoms with Crippen LogP contribution in [0, 0.1) is 11.3 Å². The number of hydrogen-bond acceptors (Lipinski definition) is 10. The van der Waals surface area contributed by atoms with Crippen LogP contribution in [0.5, 0.6) is 28.7 Å². The van der Waals surface area contributed by atoms with Crippen LogP contribution >= 0.6 is 0 Å². The maximum atomic E-state index is 12.9. The van der Waals surface area contributed by atoms with Gasteiger partial charge in [0.2, 0.25) is 11.6 Å². The molecule has 0 amide bonds. The van der Waals surface area contributed by atoms with Gasteiger partial charge in [-0.15, -0.1) is 0 Å². The molecule has 1 aliphatic rings. The summed E-state index contributed by atoms with van der Waals surface area (Å²) in [5, 5.41) is 9.78. The molecule has 0 fully saturated rings. The van der Waals surface area contributed by atoms with E-state index in [0.29, 0.717) is 39.7 Å². The SMILES string of the molecule is COC(=O)c1ccc(C2C(C#N)=C(N)Oc3cc(OC(=O)c4cc(OC)c(OC)c(OC)c4)ccc32)cc1. The van der Waals surface area contributed by atoms with Crippen LogP contribution in [-0.2, 0) is 4.74 Å². The molecule has 10 nitrogen and oxygen atoms in total. The molecule has 0 aliphatic carbocycles. The van der Waals surface area contributed by atoms with Gasteiger partial charge in [-0.1, -0.05) is 18.2 Å². The summed E-state index contributed by atoms with van der Waals surface area (Å²) < 4.78 is 31.9. The maximum absolute atomic E-state index is 12.9. The van der Waals surface area contributed by atoms with Crippen LogP contribution in [-0.4, -0.2) is 40.4 Å². The molecule has 1 heterocycles. The highest BCUT2D eigenvalue weighted by atomic mass is 16.5. The van der Waals surface area contributed by atoms with Gasteiger partial charge in [-0.3, -0.25) is 0 Å². The zero-order valence-electron chi connectivity index (χ0n) is 21.1. The molecule has 1 unspecified atom stereocenters. The highest BCUT2D eigenvalue weighted by molar-refractivity contribution is 5.93. The molecule has 3 aromatic rings. The standard InChI is InChI=1S/C28H24N2O8/c1-33-22-11-17(12-23(34-2)25(22)35-3)28(32)37-18-9-10-19-21(13-18)38-26(30)20(14-29)24(19)15-5-7-16(8-6-15)27(31)36-4/h5-13,24H,30H2,1-4H3. The van der Waals surface area contributed by atoms with Crippen molar-refractivity contribution in [1.82, 2.24) is 0 Å². The number of allylic oxidation sites excluding steroid dienone is 1. The lowest BCUT2D eigenvalue weighted by atomic mass is 9.83. The molecule has 3 aromatic carbocycles. The Morgan fingerprint density at radius 2 is 1.53 bits per heavy atom. The van der Waals surface area contributed by atoms with Crippen LogP contribution in [0.4, 0.5) is 0 Å². The number of nitrogens with two attached hydrogens (primary N) is 1. The van der Waals surface area contributed by atoms with Crippen molar-refractivity contribution in [1.29, 1.82) is 5.26 Å². The fourth-order valence-electron chi connectivity index (χ4n) is 4.14. The summed E-state index contributed by atoms with van der Waals surface area (Å²) in [4.78, 5) is 24.8. The van der Waals surface area contributed by atoms with E-state index in [1.165, 1.54) is 46.6 Å². The number of carbonyl (C=O) groups is 2. The quantitative estimate of drug-likeness (QED) is 0.363. The van der Waals surface area contributed by atoms with Gasteiger partial charge < -0.3 is 34.2 Å². The zero-order chi connectivity index (χ0) is 27.4. The van der Waals surface area contributed by atoms with Crippen molar-refractivity contribution >= 4 is 11.9 Å². The average molecular weight is 517 g/mol. The van der Waals surface area contributed by atoms with Crippen LogP contribution < -0.4 is 29.4 Å². The summed E-state index contributed by atoms with van der Waals surface area (Å²) in [7, 11) is 5.65. The first-order chi connectivity index (χ1) is 18.3. The highest BCUT2D eigenvalue weighted by Gasteiger charge is 2.31. The Balaban J connectivity index is 1.66. The van der Waals surface area contributed by atoms with E-state index in [2.05, 4.69) is 6.07 Å². The molecule has 194 valence electrons. The first-order valence-corrected chi connectivity index (χ1v) is 11.3. The van der Waals surface area contributed by atoms with Crippen LogP contribution in [0.15, 0.2) is 66.1 Å². The zero-order valence-corrected chi connectivity index (χ0v) is 21.1. The summed E-state index contributed by atoms with van der Waals surface area (Å²) in [6, 6.07) is 16.5. The Labute approximate surface area is 218 Å². The van der Waals surface area contributed by atoms with Crippen molar-refractivity contribution in [3.8, 4) is 34.8 Å². The minimum Gasteiger partial charge on any atom is -0.493 e. The predicted octanol–water partition coefficient (Wildman–Crippen LogP) is 3.94. The van der Waals surface area contributed by atoms with E-state index in [9.17, 15) is 14.9 Å². The van der Waals surface area contributed by atoms with Gasteiger partial charge in [0.05, 0.1) is 45.5 Å². The molecule has 0 aromatic heterocycles. The topological polar surface area (TPSA) is 139 Å². The van der Waals surface area contributed by atoms with E-state index >= 15 is 0 Å². The first-order valence-electron chi connectivity index (χ1n) is 11.3. The van der Waals surface area contributed by atoms with E-state index in [4.69, 9.17) is 34.2 Å². The Morgan fingerprint density at radius 1 is 0.868 bits per heavy atom. The van der Waals surface area contributed by atoms with E-state index < -0.39 is 17.9 Å². The van der Waals surface area contributed by atoms with Crippen LogP contribution in [0.25, 0.3) is 0 Å². The van der Waals surface area contributed by atoms with Gasteiger partial charge in [-0.25, -0.2) is 9.59 Å². The number of methoxy groups -OCH3 is 4. The molecule has 2 N–H and O–H groups in total. The predicted molar refractivity (Wildman–Crippen MR) is 135 cm³/mol. The van der Waals surface area contributed by atoms with Crippen molar-refractivity contribution in [2.45, 2.75) is 5.92 Å². The summed E-state index contributed by atoms with van der Waals surface area (Å²) in [6.07, 6.45) is 0. The summed E-state index contributed by atoms with van der Waals surface area (Å²) in [5.74, 6) is -0.324. The van der Waals surface area contributed by atoms with E-state index in [-0.39, 0.29) is 22.8 Å². The first kappa shape index (κ1) is 25.9. The third-order valence-electron chi connectivity index (χ3n) is 5.97. The van der Waals surface area contributed by atoms with Gasteiger partial charge in [0.1, 0.15) is 23.1 Å². The monoisotopic (exact) mass is 516 g/mol. The fraction of sp³-hybridized carbons (Fsp3) is 0.179. The molecule has 0 radical (unpaired) electrons. The van der Waals surface area contributed by atoms with Gasteiger partial charge in [0.15, 0.2) is 11.5 Å². The maximum Gasteiger partial charge on any atom is 0.343 e. The highest BCUT2D eigenvalue weighted by Crippen LogP contribution is 2.44. The molecular formula is C28H24N2O8. The largest absolute Gasteiger partial charge is 0.493 e. The minimum absolute atomic E-state index is 0.0739. The Kier molecular flexibility index (Phi) is 7.39. The van der Waals surface area contributed by atoms with Crippen molar-refractivity contribution in [3.63, 3.8) is 0 Å². The molecule has 0 bridgehead atoms. The number of ether oxygens (including phenoxy) is 6. The lowest BCUT2D eigenvalue weighted by molar-refractivity contribution is 0.0600. The van der Waals surface area contributed by atoms with Gasteiger partial charge in [0.25, 0.3) is 0 Å². The molecule has 0 saturated carbocycles. The molecule has 0 saturated heterocycles. The second-order valence-corrected chi connectivity index (χ2v) is 8.04. The Bertz CT molecular complexity index is 1450. The molecule has 38 heavy (non-hydrogen) atoms. The van der Waals surface area contributed by atoms with E-state index in [1.807, 2.05) is 0 Å². The third-order valence-corrected chi connectivity index (χ3v) is 5.97. The third kappa shape index (κ3) is 4.77. The van der Waals surface area contributed by atoms with Crippen LogP contribution in [0.3, 0.4) is 0 Å². The molecule has 0 spiro atoms. The fourth-order valence-corrected chi connectivity index (χ4v) is 4.14. The van der Waals surface area contributed by atoms with Crippen molar-refractivity contribution < 1.29 is 38.0 Å². The van der Waals surface area contributed by atoms with E-state index in [1.54, 1.807) is 36.4 Å². The van der Waals surface area contributed by atoms with E-state index in [0.717, 1.165) is 0 Å². The van der Waals surface area contributed by atoms with Gasteiger partial charge in [-0.2, -0.15) is 5.26 Å². The number of nitrogens with zero attached hydrogens (tertiary/aromatic N) is 1. The van der Waals surface area contributed by atoms with Gasteiger partial charge in [-0.05, 0) is 35.9 Å². The lowest BCUT2D eigenvalue weighted by Gasteiger charge is -2.26. The molecule has 4 rings (SSSR count). The number of carbonyl (C=O) groups excluding carboxylic acids is 2. The van der Waals surface area contributed by atoms with Crippen molar-refractivity contribution in [2.75, 3.05) is 28.4 Å². The van der Waals surface area contributed by atoms with Gasteiger partial charge >= 0.3 is 11.9 Å². The number of nitriles is 1. The van der Waals surface area contributed by atoms with Gasteiger partial charge in [0, 0.05) is 11.6 Å². The second kappa shape index (κ2) is 10.8. The molecule has 10 heteroatoms. The summed E-state index contributed by atoms with van der Waals surface area (Å²) in [6.45, 7) is 0. The minimum atomic E-state index is -0.670. The number of esters is 2. The molecular weight excluding hydrogens is 492 g/mol. The number of benzene rings is 3.